The summed E-state index contributed by atoms with van der Waals surface area (Å²) in [7, 11) is 0. The quantitative estimate of drug-likeness (QED) is 0.781. The Hall–Kier alpha value is -1.86. The van der Waals surface area contributed by atoms with Crippen molar-refractivity contribution < 1.29 is 4.79 Å². The minimum Gasteiger partial charge on any atom is -0.296 e. The van der Waals surface area contributed by atoms with Crippen LogP contribution >= 0.6 is 22.7 Å². The van der Waals surface area contributed by atoms with E-state index in [0.29, 0.717) is 10.7 Å². The van der Waals surface area contributed by atoms with Crippen molar-refractivity contribution in [3.63, 3.8) is 0 Å². The van der Waals surface area contributed by atoms with Gasteiger partial charge in [0, 0.05) is 5.56 Å². The van der Waals surface area contributed by atoms with Gasteiger partial charge in [-0.3, -0.25) is 10.1 Å². The molecule has 3 rings (SSSR count). The Labute approximate surface area is 111 Å². The van der Waals surface area contributed by atoms with E-state index in [4.69, 9.17) is 0 Å². The number of benzene rings is 1. The molecule has 0 aliphatic rings. The highest BCUT2D eigenvalue weighted by Gasteiger charge is 2.10. The van der Waals surface area contributed by atoms with Crippen LogP contribution in [0.15, 0.2) is 23.7 Å². The fraction of sp³-hybridized carbons (Fsp3) is 0.0909. The van der Waals surface area contributed by atoms with Crippen molar-refractivity contribution >= 4 is 43.9 Å². The van der Waals surface area contributed by atoms with Gasteiger partial charge in [-0.25, -0.2) is 4.98 Å². The highest BCUT2D eigenvalue weighted by Crippen LogP contribution is 2.20. The number of hydrogen-bond acceptors (Lipinski definition) is 6. The van der Waals surface area contributed by atoms with Crippen molar-refractivity contribution in [2.24, 2.45) is 0 Å². The summed E-state index contributed by atoms with van der Waals surface area (Å²) in [5, 5.41) is 11.8. The highest BCUT2D eigenvalue weighted by molar-refractivity contribution is 7.16. The van der Waals surface area contributed by atoms with Crippen molar-refractivity contribution in [2.45, 2.75) is 6.92 Å². The number of hydrogen-bond donors (Lipinski definition) is 1. The molecule has 1 amide bonds. The molecule has 0 bridgehead atoms. The maximum Gasteiger partial charge on any atom is 0.257 e. The number of nitrogens with one attached hydrogen (secondary N) is 1. The highest BCUT2D eigenvalue weighted by atomic mass is 32.1. The summed E-state index contributed by atoms with van der Waals surface area (Å²) < 4.78 is 0.996. The third-order valence-electron chi connectivity index (χ3n) is 2.34. The molecule has 1 N–H and O–H groups in total. The average Bonchev–Trinajstić information content (AvgIpc) is 2.96. The van der Waals surface area contributed by atoms with E-state index in [-0.39, 0.29) is 5.91 Å². The Bertz CT molecular complexity index is 718. The first-order chi connectivity index (χ1) is 8.72. The summed E-state index contributed by atoms with van der Waals surface area (Å²) in [6.45, 7) is 1.84. The lowest BCUT2D eigenvalue weighted by Gasteiger charge is -2.00. The van der Waals surface area contributed by atoms with Crippen LogP contribution in [0.4, 0.5) is 5.13 Å². The molecule has 2 aromatic heterocycles. The standard InChI is InChI=1S/C11H8N4OS2/c1-6-14-15-11(18-6)13-10(16)7-2-3-8-9(4-7)17-5-12-8/h2-5H,1H3,(H,13,15,16). The van der Waals surface area contributed by atoms with Crippen LogP contribution in [0.2, 0.25) is 0 Å². The molecule has 7 heteroatoms. The normalized spacial score (nSPS) is 10.7. The Morgan fingerprint density at radius 3 is 3.00 bits per heavy atom. The summed E-state index contributed by atoms with van der Waals surface area (Å²) in [5.74, 6) is -0.179. The lowest BCUT2D eigenvalue weighted by molar-refractivity contribution is 0.102. The maximum atomic E-state index is 12.0. The van der Waals surface area contributed by atoms with Gasteiger partial charge in [0.25, 0.3) is 5.91 Å². The summed E-state index contributed by atoms with van der Waals surface area (Å²) in [6, 6.07) is 5.42. The zero-order valence-corrected chi connectivity index (χ0v) is 11.0. The summed E-state index contributed by atoms with van der Waals surface area (Å²) >= 11 is 2.86. The van der Waals surface area contributed by atoms with Crippen LogP contribution in [-0.2, 0) is 0 Å². The van der Waals surface area contributed by atoms with Crippen molar-refractivity contribution in [3.8, 4) is 0 Å². The maximum absolute atomic E-state index is 12.0. The van der Waals surface area contributed by atoms with Crippen molar-refractivity contribution in [2.75, 3.05) is 5.32 Å². The predicted octanol–water partition coefficient (Wildman–Crippen LogP) is 2.71. The van der Waals surface area contributed by atoms with Gasteiger partial charge in [0.2, 0.25) is 5.13 Å². The zero-order valence-electron chi connectivity index (χ0n) is 9.38. The molecule has 0 saturated carbocycles. The third-order valence-corrected chi connectivity index (χ3v) is 3.89. The number of rotatable bonds is 2. The van der Waals surface area contributed by atoms with Crippen LogP contribution < -0.4 is 5.32 Å². The van der Waals surface area contributed by atoms with Gasteiger partial charge in [0.15, 0.2) is 0 Å². The van der Waals surface area contributed by atoms with Gasteiger partial charge < -0.3 is 0 Å². The van der Waals surface area contributed by atoms with E-state index in [1.54, 1.807) is 11.6 Å². The second-order valence-electron chi connectivity index (χ2n) is 3.62. The first-order valence-corrected chi connectivity index (χ1v) is 6.87. The zero-order chi connectivity index (χ0) is 12.5. The molecule has 0 aliphatic heterocycles. The number of carbonyl (C=O) groups is 1. The Balaban J connectivity index is 1.87. The molecule has 0 fully saturated rings. The minimum atomic E-state index is -0.179. The number of anilines is 1. The van der Waals surface area contributed by atoms with Crippen LogP contribution in [0.3, 0.4) is 0 Å². The molecule has 1 aromatic carbocycles. The summed E-state index contributed by atoms with van der Waals surface area (Å²) in [4.78, 5) is 16.2. The molecular weight excluding hydrogens is 268 g/mol. The smallest absolute Gasteiger partial charge is 0.257 e. The molecule has 18 heavy (non-hydrogen) atoms. The molecule has 0 radical (unpaired) electrons. The Kier molecular flexibility index (Phi) is 2.77. The number of carbonyl (C=O) groups excluding carboxylic acids is 1. The lowest BCUT2D eigenvalue weighted by atomic mass is 10.2. The molecule has 90 valence electrons. The van der Waals surface area contributed by atoms with E-state index in [1.165, 1.54) is 22.7 Å². The van der Waals surface area contributed by atoms with Crippen LogP contribution in [0.1, 0.15) is 15.4 Å². The van der Waals surface area contributed by atoms with Crippen LogP contribution in [0, 0.1) is 6.92 Å². The SMILES string of the molecule is Cc1nnc(NC(=O)c2ccc3ncsc3c2)s1. The first kappa shape index (κ1) is 11.2. The fourth-order valence-electron chi connectivity index (χ4n) is 1.51. The largest absolute Gasteiger partial charge is 0.296 e. The number of nitrogens with zero attached hydrogens (tertiary/aromatic N) is 3. The van der Waals surface area contributed by atoms with Gasteiger partial charge in [-0.1, -0.05) is 11.3 Å². The van der Waals surface area contributed by atoms with Gasteiger partial charge in [-0.05, 0) is 25.1 Å². The number of thiazole rings is 1. The molecule has 0 aliphatic carbocycles. The third kappa shape index (κ3) is 2.09. The Morgan fingerprint density at radius 1 is 1.33 bits per heavy atom. The van der Waals surface area contributed by atoms with Crippen molar-refractivity contribution in [1.29, 1.82) is 0 Å². The van der Waals surface area contributed by atoms with Gasteiger partial charge in [-0.15, -0.1) is 21.5 Å². The van der Waals surface area contributed by atoms with E-state index in [1.807, 2.05) is 19.1 Å². The van der Waals surface area contributed by atoms with Crippen molar-refractivity contribution in [1.82, 2.24) is 15.2 Å². The first-order valence-electron chi connectivity index (χ1n) is 5.17. The van der Waals surface area contributed by atoms with Gasteiger partial charge >= 0.3 is 0 Å². The van der Waals surface area contributed by atoms with Crippen LogP contribution in [-0.4, -0.2) is 21.1 Å². The molecule has 0 unspecified atom stereocenters. The van der Waals surface area contributed by atoms with Crippen LogP contribution in [0.25, 0.3) is 10.2 Å². The number of amides is 1. The molecule has 0 spiro atoms. The monoisotopic (exact) mass is 276 g/mol. The lowest BCUT2D eigenvalue weighted by Crippen LogP contribution is -2.11. The molecule has 5 nitrogen and oxygen atoms in total. The number of aryl methyl sites for hydroxylation is 1. The summed E-state index contributed by atoms with van der Waals surface area (Å²) in [6.07, 6.45) is 0. The van der Waals surface area contributed by atoms with E-state index < -0.39 is 0 Å². The van der Waals surface area contributed by atoms with E-state index in [9.17, 15) is 4.79 Å². The van der Waals surface area contributed by atoms with Crippen LogP contribution in [0.5, 0.6) is 0 Å². The topological polar surface area (TPSA) is 67.8 Å². The van der Waals surface area contributed by atoms with E-state index >= 15 is 0 Å². The minimum absolute atomic E-state index is 0.179. The second-order valence-corrected chi connectivity index (χ2v) is 5.68. The predicted molar refractivity (Wildman–Crippen MR) is 72.2 cm³/mol. The van der Waals surface area contributed by atoms with E-state index in [2.05, 4.69) is 20.5 Å². The summed E-state index contributed by atoms with van der Waals surface area (Å²) in [5.41, 5.74) is 3.27. The Morgan fingerprint density at radius 2 is 2.22 bits per heavy atom. The van der Waals surface area contributed by atoms with E-state index in [0.717, 1.165) is 15.2 Å². The molecule has 3 aromatic rings. The average molecular weight is 276 g/mol. The fourth-order valence-corrected chi connectivity index (χ4v) is 2.82. The van der Waals surface area contributed by atoms with Gasteiger partial charge in [0.05, 0.1) is 15.7 Å². The second kappa shape index (κ2) is 4.43. The molecule has 0 atom stereocenters. The van der Waals surface area contributed by atoms with Gasteiger partial charge in [-0.2, -0.15) is 0 Å². The number of fused-ring (bicyclic) bond motifs is 1. The molecular formula is C11H8N4OS2. The van der Waals surface area contributed by atoms with Crippen molar-refractivity contribution in [3.05, 3.63) is 34.3 Å². The molecule has 0 saturated heterocycles. The molecule has 2 heterocycles. The number of aromatic nitrogens is 3. The van der Waals surface area contributed by atoms with Gasteiger partial charge in [0.1, 0.15) is 5.01 Å².